The topological polar surface area (TPSA) is 9.23 Å². The first-order chi connectivity index (χ1) is 6.24. The molecule has 13 heavy (non-hydrogen) atoms. The van der Waals surface area contributed by atoms with Crippen LogP contribution in [0.4, 0.5) is 0 Å². The molecule has 0 aliphatic carbocycles. The van der Waals surface area contributed by atoms with Gasteiger partial charge in [0.15, 0.2) is 0 Å². The molecule has 1 nitrogen and oxygen atoms in total. The summed E-state index contributed by atoms with van der Waals surface area (Å²) in [6.45, 7) is 4.90. The van der Waals surface area contributed by atoms with Gasteiger partial charge in [-0.2, -0.15) is 0 Å². The van der Waals surface area contributed by atoms with E-state index >= 15 is 0 Å². The second kappa shape index (κ2) is 5.13. The first kappa shape index (κ1) is 10.4. The molecule has 0 heterocycles. The van der Waals surface area contributed by atoms with E-state index in [9.17, 15) is 0 Å². The predicted molar refractivity (Wildman–Crippen MR) is 56.6 cm³/mol. The number of hydrogen-bond acceptors (Lipinski definition) is 1. The summed E-state index contributed by atoms with van der Waals surface area (Å²) in [6, 6.07) is 5.80. The summed E-state index contributed by atoms with van der Waals surface area (Å²) >= 11 is 5.95. The normalized spacial score (nSPS) is 10.1. The second-order valence-electron chi connectivity index (χ2n) is 3.11. The van der Waals surface area contributed by atoms with Crippen LogP contribution in [0.2, 0.25) is 5.02 Å². The molecule has 0 unspecified atom stereocenters. The highest BCUT2D eigenvalue weighted by atomic mass is 35.5. The third kappa shape index (κ3) is 3.27. The van der Waals surface area contributed by atoms with Crippen molar-refractivity contribution in [2.75, 3.05) is 6.61 Å². The Morgan fingerprint density at radius 2 is 2.15 bits per heavy atom. The molecule has 0 atom stereocenters. The zero-order chi connectivity index (χ0) is 9.68. The van der Waals surface area contributed by atoms with Gasteiger partial charge in [-0.25, -0.2) is 0 Å². The van der Waals surface area contributed by atoms with Crippen LogP contribution < -0.4 is 4.74 Å². The maximum absolute atomic E-state index is 5.95. The lowest BCUT2D eigenvalue weighted by molar-refractivity contribution is 0.309. The minimum absolute atomic E-state index is 0.772. The molecule has 0 aliphatic rings. The van der Waals surface area contributed by atoms with E-state index in [-0.39, 0.29) is 0 Å². The monoisotopic (exact) mass is 198 g/mol. The third-order valence-electron chi connectivity index (χ3n) is 1.91. The van der Waals surface area contributed by atoms with Crippen molar-refractivity contribution in [3.8, 4) is 5.75 Å². The highest BCUT2D eigenvalue weighted by Gasteiger charge is 1.97. The maximum Gasteiger partial charge on any atom is 0.120 e. The lowest BCUT2D eigenvalue weighted by Gasteiger charge is -2.06. The number of halogens is 1. The summed E-state index contributed by atoms with van der Waals surface area (Å²) in [4.78, 5) is 0. The molecule has 72 valence electrons. The Kier molecular flexibility index (Phi) is 4.10. The Hall–Kier alpha value is -0.690. The van der Waals surface area contributed by atoms with Crippen LogP contribution in [0.3, 0.4) is 0 Å². The molecular formula is C11H15ClO. The number of rotatable bonds is 4. The number of unbranched alkanes of at least 4 members (excludes halogenated alkanes) is 1. The Morgan fingerprint density at radius 1 is 1.38 bits per heavy atom. The number of hydrogen-bond donors (Lipinski definition) is 0. The summed E-state index contributed by atoms with van der Waals surface area (Å²) in [5.41, 5.74) is 1.09. The van der Waals surface area contributed by atoms with Gasteiger partial charge in [-0.1, -0.05) is 31.0 Å². The number of aryl methyl sites for hydroxylation is 1. The van der Waals surface area contributed by atoms with Crippen molar-refractivity contribution in [3.05, 3.63) is 28.8 Å². The van der Waals surface area contributed by atoms with Crippen molar-refractivity contribution in [1.82, 2.24) is 0 Å². The van der Waals surface area contributed by atoms with Gasteiger partial charge in [0.25, 0.3) is 0 Å². The summed E-state index contributed by atoms with van der Waals surface area (Å²) in [7, 11) is 0. The lowest BCUT2D eigenvalue weighted by Crippen LogP contribution is -1.96. The lowest BCUT2D eigenvalue weighted by atomic mass is 10.2. The summed E-state index contributed by atoms with van der Waals surface area (Å²) in [6.07, 6.45) is 2.24. The Labute approximate surface area is 84.7 Å². The van der Waals surface area contributed by atoms with Gasteiger partial charge in [0.05, 0.1) is 6.61 Å². The van der Waals surface area contributed by atoms with Crippen LogP contribution in [0, 0.1) is 6.92 Å². The highest BCUT2D eigenvalue weighted by Crippen LogP contribution is 2.21. The van der Waals surface area contributed by atoms with Gasteiger partial charge in [0.2, 0.25) is 0 Å². The van der Waals surface area contributed by atoms with Gasteiger partial charge in [-0.05, 0) is 31.0 Å². The Balaban J connectivity index is 2.53. The zero-order valence-corrected chi connectivity index (χ0v) is 8.90. The average Bonchev–Trinajstić information content (AvgIpc) is 2.12. The molecule has 0 spiro atoms. The molecule has 0 fully saturated rings. The fraction of sp³-hybridized carbons (Fsp3) is 0.455. The van der Waals surface area contributed by atoms with Crippen LogP contribution in [0.1, 0.15) is 25.3 Å². The van der Waals surface area contributed by atoms with Crippen LogP contribution in [-0.4, -0.2) is 6.61 Å². The molecule has 1 aromatic rings. The minimum atomic E-state index is 0.772. The van der Waals surface area contributed by atoms with E-state index in [0.29, 0.717) is 0 Å². The SMILES string of the molecule is CCCCOc1ccc(C)c(Cl)c1. The van der Waals surface area contributed by atoms with Gasteiger partial charge >= 0.3 is 0 Å². The van der Waals surface area contributed by atoms with E-state index in [0.717, 1.165) is 35.8 Å². The van der Waals surface area contributed by atoms with Crippen LogP contribution in [-0.2, 0) is 0 Å². The molecule has 1 rings (SSSR count). The molecule has 2 heteroatoms. The van der Waals surface area contributed by atoms with Crippen molar-refractivity contribution in [3.63, 3.8) is 0 Å². The van der Waals surface area contributed by atoms with E-state index < -0.39 is 0 Å². The molecule has 0 amide bonds. The quantitative estimate of drug-likeness (QED) is 0.669. The fourth-order valence-electron chi connectivity index (χ4n) is 0.998. The molecule has 0 radical (unpaired) electrons. The van der Waals surface area contributed by atoms with E-state index in [1.807, 2.05) is 25.1 Å². The van der Waals surface area contributed by atoms with Gasteiger partial charge < -0.3 is 4.74 Å². The zero-order valence-electron chi connectivity index (χ0n) is 8.14. The van der Waals surface area contributed by atoms with Crippen molar-refractivity contribution < 1.29 is 4.74 Å². The van der Waals surface area contributed by atoms with E-state index in [4.69, 9.17) is 16.3 Å². The molecule has 0 saturated carbocycles. The van der Waals surface area contributed by atoms with Gasteiger partial charge in [-0.15, -0.1) is 0 Å². The molecule has 1 aromatic carbocycles. The Bertz CT molecular complexity index is 271. The maximum atomic E-state index is 5.95. The first-order valence-corrected chi connectivity index (χ1v) is 5.00. The molecule has 0 aliphatic heterocycles. The van der Waals surface area contributed by atoms with Gasteiger partial charge in [0.1, 0.15) is 5.75 Å². The first-order valence-electron chi connectivity index (χ1n) is 4.63. The van der Waals surface area contributed by atoms with Crippen molar-refractivity contribution >= 4 is 11.6 Å². The number of benzene rings is 1. The van der Waals surface area contributed by atoms with Gasteiger partial charge in [-0.3, -0.25) is 0 Å². The number of ether oxygens (including phenoxy) is 1. The summed E-state index contributed by atoms with van der Waals surface area (Å²) in [5.74, 6) is 0.865. The van der Waals surface area contributed by atoms with E-state index in [1.165, 1.54) is 0 Å². The summed E-state index contributed by atoms with van der Waals surface area (Å²) in [5, 5.41) is 0.772. The predicted octanol–water partition coefficient (Wildman–Crippen LogP) is 3.83. The molecular weight excluding hydrogens is 184 g/mol. The Morgan fingerprint density at radius 3 is 2.77 bits per heavy atom. The molecule has 0 bridgehead atoms. The van der Waals surface area contributed by atoms with Crippen LogP contribution in [0.15, 0.2) is 18.2 Å². The van der Waals surface area contributed by atoms with E-state index in [1.54, 1.807) is 0 Å². The average molecular weight is 199 g/mol. The molecule has 0 saturated heterocycles. The molecule has 0 N–H and O–H groups in total. The molecule has 0 aromatic heterocycles. The van der Waals surface area contributed by atoms with Crippen molar-refractivity contribution in [2.45, 2.75) is 26.7 Å². The standard InChI is InChI=1S/C11H15ClO/c1-3-4-7-13-10-6-5-9(2)11(12)8-10/h5-6,8H,3-4,7H2,1-2H3. The second-order valence-corrected chi connectivity index (χ2v) is 3.52. The largest absolute Gasteiger partial charge is 0.494 e. The van der Waals surface area contributed by atoms with Crippen LogP contribution >= 0.6 is 11.6 Å². The minimum Gasteiger partial charge on any atom is -0.494 e. The smallest absolute Gasteiger partial charge is 0.120 e. The van der Waals surface area contributed by atoms with Gasteiger partial charge in [0, 0.05) is 5.02 Å². The summed E-state index contributed by atoms with van der Waals surface area (Å²) < 4.78 is 5.50. The van der Waals surface area contributed by atoms with Crippen molar-refractivity contribution in [2.24, 2.45) is 0 Å². The third-order valence-corrected chi connectivity index (χ3v) is 2.32. The van der Waals surface area contributed by atoms with Crippen molar-refractivity contribution in [1.29, 1.82) is 0 Å². The fourth-order valence-corrected chi connectivity index (χ4v) is 1.17. The highest BCUT2D eigenvalue weighted by molar-refractivity contribution is 6.31. The van der Waals surface area contributed by atoms with E-state index in [2.05, 4.69) is 6.92 Å². The van der Waals surface area contributed by atoms with Crippen LogP contribution in [0.5, 0.6) is 5.75 Å². The van der Waals surface area contributed by atoms with Crippen LogP contribution in [0.25, 0.3) is 0 Å².